The van der Waals surface area contributed by atoms with Crippen LogP contribution in [0.5, 0.6) is 0 Å². The zero-order chi connectivity index (χ0) is 14.7. The van der Waals surface area contributed by atoms with Crippen LogP contribution in [0.25, 0.3) is 0 Å². The first kappa shape index (κ1) is 13.6. The van der Waals surface area contributed by atoms with Gasteiger partial charge in [-0.15, -0.1) is 0 Å². The Morgan fingerprint density at radius 3 is 2.95 bits per heavy atom. The van der Waals surface area contributed by atoms with Crippen LogP contribution in [-0.4, -0.2) is 42.1 Å². The molecule has 0 saturated carbocycles. The van der Waals surface area contributed by atoms with Gasteiger partial charge in [0.05, 0.1) is 6.20 Å². The van der Waals surface area contributed by atoms with Gasteiger partial charge in [0.15, 0.2) is 0 Å². The average molecular weight is 287 g/mol. The largest absolute Gasteiger partial charge is 0.418 e. The monoisotopic (exact) mass is 287 g/mol. The molecular weight excluding hydrogens is 270 g/mol. The number of pyridine rings is 1. The number of rotatable bonds is 3. The van der Waals surface area contributed by atoms with Crippen LogP contribution in [0.4, 0.5) is 11.8 Å². The zero-order valence-corrected chi connectivity index (χ0v) is 11.8. The topological polar surface area (TPSA) is 83.3 Å². The lowest BCUT2D eigenvalue weighted by atomic mass is 10.3. The van der Waals surface area contributed by atoms with Crippen LogP contribution in [-0.2, 0) is 0 Å². The number of amides is 1. The number of carbonyl (C=O) groups excluding carboxylic acids is 1. The van der Waals surface area contributed by atoms with Crippen LogP contribution >= 0.6 is 0 Å². The average Bonchev–Trinajstić information content (AvgIpc) is 3.00. The summed E-state index contributed by atoms with van der Waals surface area (Å²) in [5, 5.41) is 5.98. The van der Waals surface area contributed by atoms with E-state index in [2.05, 4.69) is 20.6 Å². The minimum atomic E-state index is -0.342. The fourth-order valence-corrected chi connectivity index (χ4v) is 2.16. The van der Waals surface area contributed by atoms with Crippen LogP contribution in [0.3, 0.4) is 0 Å². The molecule has 1 amide bonds. The van der Waals surface area contributed by atoms with Gasteiger partial charge in [0.2, 0.25) is 5.76 Å². The number of nitrogens with zero attached hydrogens (tertiary/aromatic N) is 3. The van der Waals surface area contributed by atoms with E-state index in [0.29, 0.717) is 11.8 Å². The smallest absolute Gasteiger partial charge is 0.298 e. The molecule has 2 aromatic heterocycles. The van der Waals surface area contributed by atoms with Gasteiger partial charge in [-0.1, -0.05) is 6.07 Å². The van der Waals surface area contributed by atoms with Crippen molar-refractivity contribution in [2.24, 2.45) is 0 Å². The Kier molecular flexibility index (Phi) is 3.83. The molecule has 0 aromatic carbocycles. The van der Waals surface area contributed by atoms with Crippen molar-refractivity contribution < 1.29 is 9.21 Å². The summed E-state index contributed by atoms with van der Waals surface area (Å²) < 4.78 is 5.54. The van der Waals surface area contributed by atoms with Crippen molar-refractivity contribution in [3.8, 4) is 0 Å². The van der Waals surface area contributed by atoms with Gasteiger partial charge in [-0.3, -0.25) is 4.79 Å². The lowest BCUT2D eigenvalue weighted by Crippen LogP contribution is -2.43. The Bertz CT molecular complexity index is 634. The van der Waals surface area contributed by atoms with Crippen molar-refractivity contribution in [2.75, 3.05) is 36.4 Å². The highest BCUT2D eigenvalue weighted by Crippen LogP contribution is 2.17. The van der Waals surface area contributed by atoms with Crippen LogP contribution in [0, 0.1) is 6.92 Å². The van der Waals surface area contributed by atoms with E-state index in [1.54, 1.807) is 6.20 Å². The van der Waals surface area contributed by atoms with E-state index in [-0.39, 0.29) is 11.7 Å². The third-order valence-electron chi connectivity index (χ3n) is 3.35. The Labute approximate surface area is 122 Å². The molecule has 7 heteroatoms. The molecule has 0 radical (unpaired) electrons. The Hall–Kier alpha value is -2.41. The fraction of sp³-hybridized carbons (Fsp3) is 0.357. The van der Waals surface area contributed by atoms with Gasteiger partial charge >= 0.3 is 0 Å². The molecule has 1 aliphatic heterocycles. The predicted octanol–water partition coefficient (Wildman–Crippen LogP) is 1.04. The maximum absolute atomic E-state index is 12.1. The van der Waals surface area contributed by atoms with Gasteiger partial charge in [0, 0.05) is 32.4 Å². The molecular formula is C14H17N5O2. The molecule has 0 atom stereocenters. The zero-order valence-electron chi connectivity index (χ0n) is 11.8. The third kappa shape index (κ3) is 3.03. The summed E-state index contributed by atoms with van der Waals surface area (Å²) in [4.78, 5) is 22.5. The minimum Gasteiger partial charge on any atom is -0.418 e. The molecule has 1 saturated heterocycles. The van der Waals surface area contributed by atoms with Crippen molar-refractivity contribution in [3.05, 3.63) is 35.9 Å². The molecule has 0 bridgehead atoms. The Morgan fingerprint density at radius 2 is 2.19 bits per heavy atom. The van der Waals surface area contributed by atoms with Crippen molar-refractivity contribution in [1.82, 2.24) is 15.3 Å². The van der Waals surface area contributed by atoms with Crippen LogP contribution in [0.1, 0.15) is 16.1 Å². The molecule has 1 fully saturated rings. The van der Waals surface area contributed by atoms with Gasteiger partial charge in [0.1, 0.15) is 5.82 Å². The summed E-state index contributed by atoms with van der Waals surface area (Å²) >= 11 is 0. The summed E-state index contributed by atoms with van der Waals surface area (Å²) in [5.74, 6) is 0.377. The standard InChI is InChI=1S/C14H17N5O2/c1-10-3-2-4-16-12(10)18-13(20)11-9-17-14(21-11)19-7-5-15-6-8-19/h2-4,9,15H,5-8H2,1H3,(H,16,18,20). The number of nitrogens with one attached hydrogen (secondary N) is 2. The maximum atomic E-state index is 12.1. The molecule has 7 nitrogen and oxygen atoms in total. The summed E-state index contributed by atoms with van der Waals surface area (Å²) in [6.07, 6.45) is 3.08. The molecule has 21 heavy (non-hydrogen) atoms. The molecule has 1 aliphatic rings. The Balaban J connectivity index is 1.71. The summed E-state index contributed by atoms with van der Waals surface area (Å²) in [6, 6.07) is 4.19. The number of piperazine rings is 1. The highest BCUT2D eigenvalue weighted by Gasteiger charge is 2.19. The molecule has 3 heterocycles. The summed E-state index contributed by atoms with van der Waals surface area (Å²) in [5.41, 5.74) is 0.896. The molecule has 3 rings (SSSR count). The van der Waals surface area contributed by atoms with Crippen molar-refractivity contribution in [3.63, 3.8) is 0 Å². The highest BCUT2D eigenvalue weighted by atomic mass is 16.4. The predicted molar refractivity (Wildman–Crippen MR) is 78.5 cm³/mol. The van der Waals surface area contributed by atoms with Crippen molar-refractivity contribution in [2.45, 2.75) is 6.92 Å². The number of carbonyl (C=O) groups is 1. The van der Waals surface area contributed by atoms with Gasteiger partial charge in [-0.2, -0.15) is 0 Å². The second-order valence-electron chi connectivity index (χ2n) is 4.87. The van der Waals surface area contributed by atoms with Gasteiger partial charge in [0.25, 0.3) is 11.9 Å². The maximum Gasteiger partial charge on any atom is 0.298 e. The number of oxazole rings is 1. The molecule has 2 N–H and O–H groups in total. The van der Waals surface area contributed by atoms with Crippen LogP contribution < -0.4 is 15.5 Å². The molecule has 110 valence electrons. The van der Waals surface area contributed by atoms with Gasteiger partial charge < -0.3 is 20.0 Å². The van der Waals surface area contributed by atoms with E-state index in [0.717, 1.165) is 31.7 Å². The number of hydrogen-bond donors (Lipinski definition) is 2. The van der Waals surface area contributed by atoms with E-state index in [4.69, 9.17) is 4.42 Å². The van der Waals surface area contributed by atoms with Crippen LogP contribution in [0.15, 0.2) is 28.9 Å². The normalized spacial score (nSPS) is 15.0. The fourth-order valence-electron chi connectivity index (χ4n) is 2.16. The molecule has 0 spiro atoms. The lowest BCUT2D eigenvalue weighted by Gasteiger charge is -2.25. The number of anilines is 2. The number of aryl methyl sites for hydroxylation is 1. The van der Waals surface area contributed by atoms with E-state index < -0.39 is 0 Å². The highest BCUT2D eigenvalue weighted by molar-refractivity contribution is 6.01. The van der Waals surface area contributed by atoms with Crippen molar-refractivity contribution in [1.29, 1.82) is 0 Å². The second kappa shape index (κ2) is 5.92. The summed E-state index contributed by atoms with van der Waals surface area (Å²) in [6.45, 7) is 5.30. The SMILES string of the molecule is Cc1cccnc1NC(=O)c1cnc(N2CCNCC2)o1. The quantitative estimate of drug-likeness (QED) is 0.877. The minimum absolute atomic E-state index is 0.189. The first-order valence-corrected chi connectivity index (χ1v) is 6.88. The van der Waals surface area contributed by atoms with Gasteiger partial charge in [-0.05, 0) is 18.6 Å². The number of aromatic nitrogens is 2. The molecule has 0 aliphatic carbocycles. The summed E-state index contributed by atoms with van der Waals surface area (Å²) in [7, 11) is 0. The lowest BCUT2D eigenvalue weighted by molar-refractivity contribution is 0.0996. The van der Waals surface area contributed by atoms with E-state index in [1.165, 1.54) is 6.20 Å². The van der Waals surface area contributed by atoms with Crippen LogP contribution in [0.2, 0.25) is 0 Å². The van der Waals surface area contributed by atoms with E-state index in [1.807, 2.05) is 24.0 Å². The second-order valence-corrected chi connectivity index (χ2v) is 4.87. The Morgan fingerprint density at radius 1 is 1.38 bits per heavy atom. The first-order chi connectivity index (χ1) is 10.2. The van der Waals surface area contributed by atoms with E-state index >= 15 is 0 Å². The molecule has 2 aromatic rings. The first-order valence-electron chi connectivity index (χ1n) is 6.88. The van der Waals surface area contributed by atoms with Gasteiger partial charge in [-0.25, -0.2) is 9.97 Å². The molecule has 0 unspecified atom stereocenters. The van der Waals surface area contributed by atoms with E-state index in [9.17, 15) is 4.79 Å². The number of hydrogen-bond acceptors (Lipinski definition) is 6. The third-order valence-corrected chi connectivity index (χ3v) is 3.35. The van der Waals surface area contributed by atoms with Crippen molar-refractivity contribution >= 4 is 17.7 Å².